The summed E-state index contributed by atoms with van der Waals surface area (Å²) in [5.41, 5.74) is -0.979. The molecule has 0 unspecified atom stereocenters. The molecule has 2 aliphatic rings. The van der Waals surface area contributed by atoms with Crippen molar-refractivity contribution in [1.29, 1.82) is 5.26 Å². The van der Waals surface area contributed by atoms with Crippen molar-refractivity contribution in [1.82, 2.24) is 20.1 Å². The van der Waals surface area contributed by atoms with Crippen LogP contribution < -0.4 is 0 Å². The van der Waals surface area contributed by atoms with Gasteiger partial charge in [0, 0.05) is 12.0 Å². The van der Waals surface area contributed by atoms with E-state index < -0.39 is 5.41 Å². The number of nitrogens with zero attached hydrogens (tertiary/aromatic N) is 4. The molecule has 24 heavy (non-hydrogen) atoms. The minimum absolute atomic E-state index is 0.0497. The molecule has 1 N–H and O–H groups in total. The highest BCUT2D eigenvalue weighted by Crippen LogP contribution is 2.40. The summed E-state index contributed by atoms with van der Waals surface area (Å²) in [5, 5.41) is 16.7. The lowest BCUT2D eigenvalue weighted by Crippen LogP contribution is -2.48. The van der Waals surface area contributed by atoms with Crippen LogP contribution in [0.3, 0.4) is 0 Å². The van der Waals surface area contributed by atoms with Gasteiger partial charge in [0.1, 0.15) is 11.5 Å². The van der Waals surface area contributed by atoms with E-state index in [1.54, 1.807) is 4.90 Å². The van der Waals surface area contributed by atoms with Crippen molar-refractivity contribution >= 4 is 5.91 Å². The van der Waals surface area contributed by atoms with E-state index in [2.05, 4.69) is 21.3 Å². The van der Waals surface area contributed by atoms with Crippen LogP contribution in [0, 0.1) is 16.7 Å². The Morgan fingerprint density at radius 3 is 2.71 bits per heavy atom. The van der Waals surface area contributed by atoms with Crippen LogP contribution >= 0.6 is 0 Å². The van der Waals surface area contributed by atoms with Gasteiger partial charge >= 0.3 is 0 Å². The summed E-state index contributed by atoms with van der Waals surface area (Å²) in [4.78, 5) is 19.2. The highest BCUT2D eigenvalue weighted by Gasteiger charge is 2.45. The fourth-order valence-corrected chi connectivity index (χ4v) is 3.41. The second-order valence-electron chi connectivity index (χ2n) is 7.81. The van der Waals surface area contributed by atoms with Crippen molar-refractivity contribution in [3.05, 3.63) is 11.6 Å². The maximum atomic E-state index is 12.9. The number of amides is 1. The number of carbonyl (C=O) groups is 1. The molecule has 1 saturated heterocycles. The molecule has 2 heterocycles. The quantitative estimate of drug-likeness (QED) is 0.895. The number of H-pyrrole nitrogens is 1. The van der Waals surface area contributed by atoms with Gasteiger partial charge in [0.2, 0.25) is 5.91 Å². The van der Waals surface area contributed by atoms with E-state index in [1.165, 1.54) is 0 Å². The number of nitriles is 1. The first-order chi connectivity index (χ1) is 11.4. The largest absolute Gasteiger partial charge is 0.367 e. The molecule has 1 amide bonds. The number of aromatic amines is 1. The fourth-order valence-electron chi connectivity index (χ4n) is 3.41. The number of ether oxygens (including phenoxy) is 1. The smallest absolute Gasteiger partial charge is 0.243 e. The number of nitrogens with one attached hydrogen (secondary N) is 1. The first-order valence-corrected chi connectivity index (χ1v) is 8.61. The summed E-state index contributed by atoms with van der Waals surface area (Å²) < 4.78 is 5.79. The second-order valence-corrected chi connectivity index (χ2v) is 7.81. The Kier molecular flexibility index (Phi) is 4.35. The van der Waals surface area contributed by atoms with E-state index in [0.29, 0.717) is 38.4 Å². The fraction of sp³-hybridized carbons (Fsp3) is 0.765. The van der Waals surface area contributed by atoms with E-state index in [-0.39, 0.29) is 17.4 Å². The zero-order chi connectivity index (χ0) is 17.4. The topological polar surface area (TPSA) is 94.9 Å². The molecule has 1 atom stereocenters. The van der Waals surface area contributed by atoms with Gasteiger partial charge in [-0.3, -0.25) is 9.89 Å². The number of aromatic nitrogens is 3. The van der Waals surface area contributed by atoms with Crippen LogP contribution in [0.15, 0.2) is 0 Å². The number of hydrogen-bond donors (Lipinski definition) is 1. The summed E-state index contributed by atoms with van der Waals surface area (Å²) in [5.74, 6) is 1.33. The average molecular weight is 331 g/mol. The normalized spacial score (nSPS) is 23.9. The molecule has 0 radical (unpaired) electrons. The van der Waals surface area contributed by atoms with Crippen LogP contribution in [-0.4, -0.2) is 45.7 Å². The van der Waals surface area contributed by atoms with Gasteiger partial charge in [-0.15, -0.1) is 0 Å². The SMILES string of the molecule is CC(C)(C)c1n[nH]c([C@H]2CN(C(=O)C3(C#N)CCCC3)CCO2)n1. The third-order valence-corrected chi connectivity index (χ3v) is 4.91. The van der Waals surface area contributed by atoms with Crippen molar-refractivity contribution in [3.8, 4) is 6.07 Å². The number of rotatable bonds is 2. The number of carbonyl (C=O) groups excluding carboxylic acids is 1. The predicted molar refractivity (Wildman–Crippen MR) is 86.9 cm³/mol. The van der Waals surface area contributed by atoms with Crippen molar-refractivity contribution in [2.24, 2.45) is 5.41 Å². The van der Waals surface area contributed by atoms with Gasteiger partial charge in [-0.2, -0.15) is 10.4 Å². The predicted octanol–water partition coefficient (Wildman–Crippen LogP) is 2.09. The minimum Gasteiger partial charge on any atom is -0.367 e. The molecule has 1 aromatic heterocycles. The lowest BCUT2D eigenvalue weighted by molar-refractivity contribution is -0.147. The van der Waals surface area contributed by atoms with Gasteiger partial charge in [-0.1, -0.05) is 33.6 Å². The van der Waals surface area contributed by atoms with E-state index in [0.717, 1.165) is 18.7 Å². The maximum Gasteiger partial charge on any atom is 0.243 e. The Balaban J connectivity index is 1.74. The minimum atomic E-state index is -0.833. The summed E-state index contributed by atoms with van der Waals surface area (Å²) in [7, 11) is 0. The molecular weight excluding hydrogens is 306 g/mol. The van der Waals surface area contributed by atoms with Gasteiger partial charge < -0.3 is 9.64 Å². The third kappa shape index (κ3) is 3.03. The van der Waals surface area contributed by atoms with Crippen molar-refractivity contribution in [3.63, 3.8) is 0 Å². The number of morpholine rings is 1. The molecule has 0 spiro atoms. The molecule has 0 aromatic carbocycles. The Morgan fingerprint density at radius 1 is 1.42 bits per heavy atom. The number of hydrogen-bond acceptors (Lipinski definition) is 5. The summed E-state index contributed by atoms with van der Waals surface area (Å²) in [6.07, 6.45) is 2.92. The van der Waals surface area contributed by atoms with Gasteiger partial charge in [-0.05, 0) is 12.8 Å². The van der Waals surface area contributed by atoms with E-state index >= 15 is 0 Å². The highest BCUT2D eigenvalue weighted by atomic mass is 16.5. The van der Waals surface area contributed by atoms with Crippen LogP contribution in [0.4, 0.5) is 0 Å². The Hall–Kier alpha value is -1.94. The second kappa shape index (κ2) is 6.17. The summed E-state index contributed by atoms with van der Waals surface area (Å²) in [6.45, 7) is 7.54. The van der Waals surface area contributed by atoms with Crippen molar-refractivity contribution in [2.75, 3.05) is 19.7 Å². The Bertz CT molecular complexity index is 649. The van der Waals surface area contributed by atoms with Crippen LogP contribution in [0.2, 0.25) is 0 Å². The first-order valence-electron chi connectivity index (χ1n) is 8.61. The average Bonchev–Trinajstić information content (AvgIpc) is 3.24. The lowest BCUT2D eigenvalue weighted by atomic mass is 9.86. The highest BCUT2D eigenvalue weighted by molar-refractivity contribution is 5.86. The van der Waals surface area contributed by atoms with Gasteiger partial charge in [0.25, 0.3) is 0 Å². The molecule has 1 aliphatic carbocycles. The van der Waals surface area contributed by atoms with E-state index in [4.69, 9.17) is 4.74 Å². The molecular formula is C17H25N5O2. The standard InChI is InChI=1S/C17H25N5O2/c1-16(2,3)14-19-13(20-21-14)12-10-22(8-9-24-12)15(23)17(11-18)6-4-5-7-17/h12H,4-10H2,1-3H3,(H,19,20,21)/t12-/m1/s1. The van der Waals surface area contributed by atoms with Crippen LogP contribution in [0.25, 0.3) is 0 Å². The zero-order valence-corrected chi connectivity index (χ0v) is 14.6. The maximum absolute atomic E-state index is 12.9. The van der Waals surface area contributed by atoms with E-state index in [1.807, 2.05) is 20.8 Å². The molecule has 0 bridgehead atoms. The van der Waals surface area contributed by atoms with Gasteiger partial charge in [0.05, 0.1) is 19.2 Å². The molecule has 7 nitrogen and oxygen atoms in total. The van der Waals surface area contributed by atoms with Crippen molar-refractivity contribution in [2.45, 2.75) is 58.0 Å². The summed E-state index contributed by atoms with van der Waals surface area (Å²) in [6, 6.07) is 2.29. The molecule has 1 saturated carbocycles. The van der Waals surface area contributed by atoms with Crippen molar-refractivity contribution < 1.29 is 9.53 Å². The van der Waals surface area contributed by atoms with Gasteiger partial charge in [-0.25, -0.2) is 4.98 Å². The summed E-state index contributed by atoms with van der Waals surface area (Å²) >= 11 is 0. The molecule has 130 valence electrons. The monoisotopic (exact) mass is 331 g/mol. The Morgan fingerprint density at radius 2 is 2.12 bits per heavy atom. The molecule has 3 rings (SSSR count). The molecule has 1 aliphatic heterocycles. The Labute approximate surface area is 142 Å². The van der Waals surface area contributed by atoms with Crippen LogP contribution in [0.5, 0.6) is 0 Å². The third-order valence-electron chi connectivity index (χ3n) is 4.91. The van der Waals surface area contributed by atoms with E-state index in [9.17, 15) is 10.1 Å². The molecule has 2 fully saturated rings. The molecule has 7 heteroatoms. The van der Waals surface area contributed by atoms with Gasteiger partial charge in [0.15, 0.2) is 11.6 Å². The van der Waals surface area contributed by atoms with Crippen LogP contribution in [-0.2, 0) is 14.9 Å². The van der Waals surface area contributed by atoms with Crippen LogP contribution in [0.1, 0.15) is 64.2 Å². The first kappa shape index (κ1) is 16.9. The lowest BCUT2D eigenvalue weighted by Gasteiger charge is -2.35. The zero-order valence-electron chi connectivity index (χ0n) is 14.6. The molecule has 1 aromatic rings.